The third kappa shape index (κ3) is 7.00. The van der Waals surface area contributed by atoms with E-state index < -0.39 is 46.9 Å². The van der Waals surface area contributed by atoms with Crippen molar-refractivity contribution in [2.24, 2.45) is 11.7 Å². The van der Waals surface area contributed by atoms with Crippen molar-refractivity contribution in [1.82, 2.24) is 13.9 Å². The molecule has 0 aromatic heterocycles. The quantitative estimate of drug-likeness (QED) is 0.199. The van der Waals surface area contributed by atoms with Crippen molar-refractivity contribution in [2.45, 2.75) is 43.8 Å². The summed E-state index contributed by atoms with van der Waals surface area (Å²) in [6.07, 6.45) is -4.33. The van der Waals surface area contributed by atoms with E-state index >= 15 is 0 Å². The lowest BCUT2D eigenvalue weighted by molar-refractivity contribution is -0.192. The lowest BCUT2D eigenvalue weighted by Crippen LogP contribution is -2.61. The van der Waals surface area contributed by atoms with Crippen LogP contribution in [0.4, 0.5) is 13.2 Å². The maximum absolute atomic E-state index is 12.9. The standard InChI is InChI=1S/C13H27BN4O6S.C2HF3O2/c1-2-18(11-6-16-7-11)25(23,24)17-8-10(4-3-5-14(21)22)13(15,9-17)12(19)20;3-2(4,5)1(6)7/h10-11,16,21-22H,2-9,15H2,1H3,(H,19,20);(H,6,7)/t10-,13-;/m1./s1. The zero-order chi connectivity index (χ0) is 24.9. The molecule has 0 amide bonds. The summed E-state index contributed by atoms with van der Waals surface area (Å²) >= 11 is 0. The molecule has 0 aromatic carbocycles. The van der Waals surface area contributed by atoms with Gasteiger partial charge in [0.15, 0.2) is 0 Å². The molecular weight excluding hydrogens is 464 g/mol. The molecule has 0 radical (unpaired) electrons. The highest BCUT2D eigenvalue weighted by Crippen LogP contribution is 2.33. The predicted molar refractivity (Wildman–Crippen MR) is 105 cm³/mol. The van der Waals surface area contributed by atoms with Crippen LogP contribution in [0, 0.1) is 5.92 Å². The van der Waals surface area contributed by atoms with Gasteiger partial charge in [-0.15, -0.1) is 0 Å². The second-order valence-corrected chi connectivity index (χ2v) is 9.45. The molecule has 0 unspecified atom stereocenters. The second-order valence-electron chi connectivity index (χ2n) is 7.57. The summed E-state index contributed by atoms with van der Waals surface area (Å²) in [6.45, 7) is 2.93. The summed E-state index contributed by atoms with van der Waals surface area (Å²) in [7, 11) is -5.28. The van der Waals surface area contributed by atoms with E-state index in [2.05, 4.69) is 5.32 Å². The van der Waals surface area contributed by atoms with Gasteiger partial charge in [-0.2, -0.15) is 30.2 Å². The van der Waals surface area contributed by atoms with Crippen LogP contribution < -0.4 is 11.1 Å². The molecule has 17 heteroatoms. The SMILES string of the molecule is CCN(C1CNC1)S(=O)(=O)N1C[C@@H](CCCB(O)O)[C@@](N)(C(=O)O)C1.O=C(O)C(F)(F)F. The molecule has 0 saturated carbocycles. The van der Waals surface area contributed by atoms with Gasteiger partial charge in [-0.1, -0.05) is 13.3 Å². The number of nitrogens with one attached hydrogen (secondary N) is 1. The van der Waals surface area contributed by atoms with Crippen molar-refractivity contribution in [3.8, 4) is 0 Å². The van der Waals surface area contributed by atoms with Gasteiger partial charge in [-0.3, -0.25) is 4.79 Å². The fourth-order valence-electron chi connectivity index (χ4n) is 3.44. The Morgan fingerprint density at radius 3 is 2.16 bits per heavy atom. The van der Waals surface area contributed by atoms with Crippen molar-refractivity contribution in [1.29, 1.82) is 0 Å². The molecule has 0 spiro atoms. The number of carboxylic acid groups (broad SMARTS) is 2. The van der Waals surface area contributed by atoms with Crippen molar-refractivity contribution in [3.63, 3.8) is 0 Å². The number of alkyl halides is 3. The average Bonchev–Trinajstić information content (AvgIpc) is 2.96. The highest BCUT2D eigenvalue weighted by Gasteiger charge is 2.53. The van der Waals surface area contributed by atoms with E-state index in [1.54, 1.807) is 6.92 Å². The molecule has 32 heavy (non-hydrogen) atoms. The molecule has 12 nitrogen and oxygen atoms in total. The van der Waals surface area contributed by atoms with E-state index in [0.29, 0.717) is 32.5 Å². The maximum Gasteiger partial charge on any atom is 0.490 e. The molecule has 0 aliphatic carbocycles. The Balaban J connectivity index is 0.000000633. The third-order valence-corrected chi connectivity index (χ3v) is 7.43. The molecule has 2 rings (SSSR count). The van der Waals surface area contributed by atoms with Crippen LogP contribution in [0.15, 0.2) is 0 Å². The normalized spacial score (nSPS) is 24.6. The minimum atomic E-state index is -5.08. The molecule has 0 aromatic rings. The molecule has 2 atom stereocenters. The van der Waals surface area contributed by atoms with Crippen LogP contribution in [-0.4, -0.2) is 107 Å². The van der Waals surface area contributed by atoms with Gasteiger partial charge in [0.05, 0.1) is 6.04 Å². The largest absolute Gasteiger partial charge is 0.490 e. The first-order valence-corrected chi connectivity index (χ1v) is 11.1. The lowest BCUT2D eigenvalue weighted by Gasteiger charge is -2.38. The Labute approximate surface area is 183 Å². The minimum Gasteiger partial charge on any atom is -0.480 e. The van der Waals surface area contributed by atoms with Crippen LogP contribution in [0.3, 0.4) is 0 Å². The summed E-state index contributed by atoms with van der Waals surface area (Å²) in [4.78, 5) is 20.6. The van der Waals surface area contributed by atoms with E-state index in [-0.39, 0.29) is 25.5 Å². The van der Waals surface area contributed by atoms with Gasteiger partial charge in [0.25, 0.3) is 10.2 Å². The number of aliphatic carboxylic acids is 2. The van der Waals surface area contributed by atoms with Crippen LogP contribution in [-0.2, 0) is 19.8 Å². The van der Waals surface area contributed by atoms with Gasteiger partial charge >= 0.3 is 25.2 Å². The highest BCUT2D eigenvalue weighted by molar-refractivity contribution is 7.86. The van der Waals surface area contributed by atoms with Crippen molar-refractivity contribution < 1.29 is 51.4 Å². The molecule has 0 bridgehead atoms. The number of hydrogen-bond donors (Lipinski definition) is 6. The third-order valence-electron chi connectivity index (χ3n) is 5.35. The number of nitrogens with two attached hydrogens (primary N) is 1. The first-order chi connectivity index (χ1) is 14.6. The smallest absolute Gasteiger partial charge is 0.480 e. The predicted octanol–water partition coefficient (Wildman–Crippen LogP) is -1.87. The Morgan fingerprint density at radius 2 is 1.81 bits per heavy atom. The van der Waals surface area contributed by atoms with Crippen LogP contribution in [0.25, 0.3) is 0 Å². The summed E-state index contributed by atoms with van der Waals surface area (Å²) in [6, 6.07) is -0.129. The Kier molecular flexibility index (Phi) is 9.89. The number of nitrogens with zero attached hydrogens (tertiary/aromatic N) is 2. The summed E-state index contributed by atoms with van der Waals surface area (Å²) in [5, 5.41) is 37.6. The molecule has 2 fully saturated rings. The molecular formula is C15H28BF3N4O8S. The Bertz CT molecular complexity index is 768. The average molecular weight is 492 g/mol. The number of rotatable bonds is 9. The number of hydrogen-bond acceptors (Lipinski definition) is 8. The van der Waals surface area contributed by atoms with Gasteiger partial charge in [0, 0.05) is 38.6 Å². The topological polar surface area (TPSA) is 194 Å². The Hall–Kier alpha value is -1.50. The first kappa shape index (κ1) is 28.5. The van der Waals surface area contributed by atoms with E-state index in [1.807, 2.05) is 0 Å². The summed E-state index contributed by atoms with van der Waals surface area (Å²) < 4.78 is 60.1. The number of carbonyl (C=O) groups is 2. The number of carboxylic acids is 2. The van der Waals surface area contributed by atoms with Crippen molar-refractivity contribution >= 4 is 29.3 Å². The minimum absolute atomic E-state index is 0.0172. The second kappa shape index (κ2) is 11.1. The molecule has 2 saturated heterocycles. The van der Waals surface area contributed by atoms with Gasteiger partial charge in [0.2, 0.25) is 0 Å². The van der Waals surface area contributed by atoms with Crippen LogP contribution in [0.5, 0.6) is 0 Å². The lowest BCUT2D eigenvalue weighted by atomic mass is 9.78. The summed E-state index contributed by atoms with van der Waals surface area (Å²) in [5.74, 6) is -4.59. The van der Waals surface area contributed by atoms with Gasteiger partial charge in [-0.25, -0.2) is 4.79 Å². The monoisotopic (exact) mass is 492 g/mol. The first-order valence-electron chi connectivity index (χ1n) is 9.73. The zero-order valence-electron chi connectivity index (χ0n) is 17.3. The Morgan fingerprint density at radius 1 is 1.28 bits per heavy atom. The van der Waals surface area contributed by atoms with Crippen LogP contribution in [0.2, 0.25) is 6.32 Å². The van der Waals surface area contributed by atoms with Crippen LogP contribution in [0.1, 0.15) is 19.8 Å². The molecule has 2 aliphatic heterocycles. The fourth-order valence-corrected chi connectivity index (χ4v) is 5.34. The van der Waals surface area contributed by atoms with Gasteiger partial charge in [0.1, 0.15) is 5.54 Å². The molecule has 2 aliphatic rings. The maximum atomic E-state index is 12.9. The fraction of sp³-hybridized carbons (Fsp3) is 0.867. The summed E-state index contributed by atoms with van der Waals surface area (Å²) in [5.41, 5.74) is 4.38. The number of halogens is 3. The van der Waals surface area contributed by atoms with E-state index in [1.165, 1.54) is 4.31 Å². The molecule has 2 heterocycles. The van der Waals surface area contributed by atoms with E-state index in [9.17, 15) is 31.5 Å². The van der Waals surface area contributed by atoms with Gasteiger partial charge < -0.3 is 31.3 Å². The van der Waals surface area contributed by atoms with Crippen molar-refractivity contribution in [2.75, 3.05) is 32.7 Å². The van der Waals surface area contributed by atoms with E-state index in [4.69, 9.17) is 25.7 Å². The molecule has 7 N–H and O–H groups in total. The van der Waals surface area contributed by atoms with Gasteiger partial charge in [-0.05, 0) is 12.7 Å². The van der Waals surface area contributed by atoms with Crippen molar-refractivity contribution in [3.05, 3.63) is 0 Å². The van der Waals surface area contributed by atoms with Crippen LogP contribution >= 0.6 is 0 Å². The zero-order valence-corrected chi connectivity index (χ0v) is 18.1. The molecule has 186 valence electrons. The van der Waals surface area contributed by atoms with E-state index in [0.717, 1.165) is 4.31 Å². The highest BCUT2D eigenvalue weighted by atomic mass is 32.2. The number of likely N-dealkylation sites (N-methyl/N-ethyl adjacent to an activating group) is 1.